The number of oxime groups is 1. The third kappa shape index (κ3) is 10.8. The van der Waals surface area contributed by atoms with Crippen LogP contribution in [0.15, 0.2) is 53.1 Å². The summed E-state index contributed by atoms with van der Waals surface area (Å²) in [7, 11) is 3.74. The van der Waals surface area contributed by atoms with Crippen LogP contribution in [0.1, 0.15) is 87.1 Å². The molecule has 13 atom stereocenters. The highest BCUT2D eigenvalue weighted by Gasteiger charge is 2.53. The number of carbonyl (C=O) groups is 3. The maximum absolute atomic E-state index is 14.5. The Balaban J connectivity index is 1.63. The minimum absolute atomic E-state index is 0.111. The van der Waals surface area contributed by atoms with Gasteiger partial charge in [-0.05, 0) is 84.7 Å². The molecule has 3 fully saturated rings. The number of aliphatic hydroxyl groups excluding tert-OH is 1. The SMILES string of the molecule is CC[C@H]1OC(=O)[C@H](C)C(=O)[C@H](C)[C@@H](O[C@@H]2O[C@H](C)C[C@H](N(C)C)[C@H]2O)[C@]2(C)C[C@@H](C)C(=NC(C)=O)[C@H](C)[C@@H](OC/C(=N/OCc3ccc(-n4ccnc4)cc3)CO2)[C@]1(C)O. The maximum atomic E-state index is 14.5. The largest absolute Gasteiger partial charge is 0.459 e. The van der Waals surface area contributed by atoms with E-state index in [2.05, 4.69) is 15.1 Å². The molecule has 5 rings (SSSR count). The number of carbonyl (C=O) groups excluding carboxylic acids is 3. The van der Waals surface area contributed by atoms with Crippen LogP contribution in [0, 0.1) is 23.7 Å². The summed E-state index contributed by atoms with van der Waals surface area (Å²) in [5, 5.41) is 28.6. The Hall–Kier alpha value is -3.90. The third-order valence-corrected chi connectivity index (χ3v) is 12.3. The second-order valence-electron chi connectivity index (χ2n) is 17.5. The first-order valence-corrected chi connectivity index (χ1v) is 21.0. The zero-order valence-corrected chi connectivity index (χ0v) is 36.9. The molecule has 2 bridgehead atoms. The number of aliphatic imine (C=N–C) groups is 1. The first-order valence-electron chi connectivity index (χ1n) is 21.0. The Kier molecular flexibility index (Phi) is 15.6. The van der Waals surface area contributed by atoms with Crippen molar-refractivity contribution in [2.24, 2.45) is 33.8 Å². The summed E-state index contributed by atoms with van der Waals surface area (Å²) in [5.41, 5.74) is -0.742. The number of imidazole rings is 1. The number of aromatic nitrogens is 2. The maximum Gasteiger partial charge on any atom is 0.316 e. The van der Waals surface area contributed by atoms with E-state index in [0.717, 1.165) is 11.3 Å². The number of amides is 1. The Labute approximate surface area is 353 Å². The van der Waals surface area contributed by atoms with E-state index in [1.807, 2.05) is 74.8 Å². The summed E-state index contributed by atoms with van der Waals surface area (Å²) < 4.78 is 34.4. The number of nitrogens with zero attached hydrogens (tertiary/aromatic N) is 5. The first-order chi connectivity index (χ1) is 28.3. The number of ketones is 1. The fourth-order valence-corrected chi connectivity index (χ4v) is 8.98. The van der Waals surface area contributed by atoms with E-state index in [4.69, 9.17) is 28.5 Å². The minimum atomic E-state index is -1.85. The van der Waals surface area contributed by atoms with Gasteiger partial charge in [-0.25, -0.2) is 9.98 Å². The minimum Gasteiger partial charge on any atom is -0.459 e. The number of esters is 1. The van der Waals surface area contributed by atoms with Crippen molar-refractivity contribution in [1.29, 1.82) is 0 Å². The highest BCUT2D eigenvalue weighted by molar-refractivity contribution is 6.00. The van der Waals surface area contributed by atoms with Crippen molar-refractivity contribution < 1.29 is 53.1 Å². The van der Waals surface area contributed by atoms with Crippen molar-refractivity contribution >= 4 is 29.1 Å². The lowest BCUT2D eigenvalue weighted by Crippen LogP contribution is -2.60. The van der Waals surface area contributed by atoms with Gasteiger partial charge in [-0.1, -0.05) is 45.0 Å². The lowest BCUT2D eigenvalue weighted by atomic mass is 9.73. The number of rotatable bonds is 8. The van der Waals surface area contributed by atoms with Crippen LogP contribution in [0.25, 0.3) is 5.69 Å². The predicted octanol–water partition coefficient (Wildman–Crippen LogP) is 4.31. The molecule has 2 aromatic rings. The molecule has 16 heteroatoms. The van der Waals surface area contributed by atoms with E-state index >= 15 is 0 Å². The van der Waals surface area contributed by atoms with E-state index in [1.54, 1.807) is 33.3 Å². The number of ether oxygens (including phenoxy) is 5. The second-order valence-corrected chi connectivity index (χ2v) is 17.5. The molecule has 4 heterocycles. The molecule has 0 radical (unpaired) electrons. The lowest BCUT2D eigenvalue weighted by Gasteiger charge is -2.47. The normalized spacial score (nSPS) is 37.6. The number of likely N-dealkylation sites (N-methyl/N-ethyl adjacent to an activating group) is 1. The number of Topliss-reactive ketones (excluding diaryl/α,β-unsaturated/α-hetero) is 1. The molecule has 16 nitrogen and oxygen atoms in total. The molecule has 1 aromatic heterocycles. The third-order valence-electron chi connectivity index (χ3n) is 12.3. The smallest absolute Gasteiger partial charge is 0.316 e. The fourth-order valence-electron chi connectivity index (χ4n) is 8.98. The van der Waals surface area contributed by atoms with Crippen LogP contribution in [0.3, 0.4) is 0 Å². The molecule has 0 aliphatic carbocycles. The van der Waals surface area contributed by atoms with E-state index in [0.29, 0.717) is 17.8 Å². The zero-order chi connectivity index (χ0) is 44.1. The van der Waals surface area contributed by atoms with Crippen LogP contribution in [0.4, 0.5) is 0 Å². The van der Waals surface area contributed by atoms with Crippen molar-refractivity contribution in [3.63, 3.8) is 0 Å². The summed E-state index contributed by atoms with van der Waals surface area (Å²) in [4.78, 5) is 57.7. The van der Waals surface area contributed by atoms with Crippen molar-refractivity contribution in [2.45, 2.75) is 142 Å². The van der Waals surface area contributed by atoms with Crippen LogP contribution in [0.5, 0.6) is 0 Å². The summed E-state index contributed by atoms with van der Waals surface area (Å²) >= 11 is 0. The van der Waals surface area contributed by atoms with Gasteiger partial charge in [0, 0.05) is 48.6 Å². The van der Waals surface area contributed by atoms with E-state index in [1.165, 1.54) is 20.8 Å². The molecule has 0 saturated carbocycles. The standard InChI is InChI=1S/C44H65N5O11/c1-12-35-44(9,54)40-27(4)36(46-30(7)50)25(2)20-43(8,56-23-32(22-55-40)47-57-21-31-13-15-33(16-14-31)49-18-17-45-24-49)39(28(5)37(51)29(6)41(53)59-35)60-42-38(52)34(48(10)11)19-26(3)58-42/h13-18,24-29,34-35,38-40,42,52,54H,12,19-23H2,1-11H3/b46-36?,47-32-/t25-,26-,27+,28+,29-,34+,35-,38-,39-,40-,42+,43+,44-/m1/s1. The Bertz CT molecular complexity index is 1830. The van der Waals surface area contributed by atoms with E-state index in [-0.39, 0.29) is 44.8 Å². The molecule has 1 amide bonds. The van der Waals surface area contributed by atoms with Gasteiger partial charge in [-0.2, -0.15) is 0 Å². The number of aliphatic hydroxyl groups is 2. The zero-order valence-electron chi connectivity index (χ0n) is 36.9. The molecule has 0 unspecified atom stereocenters. The van der Waals surface area contributed by atoms with Gasteiger partial charge in [0.1, 0.15) is 36.0 Å². The van der Waals surface area contributed by atoms with Crippen LogP contribution in [-0.2, 0) is 49.5 Å². The van der Waals surface area contributed by atoms with Gasteiger partial charge in [0.2, 0.25) is 5.91 Å². The number of hydrogen-bond acceptors (Lipinski definition) is 14. The van der Waals surface area contributed by atoms with Crippen molar-refractivity contribution in [2.75, 3.05) is 27.3 Å². The summed E-state index contributed by atoms with van der Waals surface area (Å²) in [6, 6.07) is 7.39. The highest BCUT2D eigenvalue weighted by Crippen LogP contribution is 2.40. The molecular formula is C44H65N5O11. The van der Waals surface area contributed by atoms with E-state index < -0.39 is 83.2 Å². The summed E-state index contributed by atoms with van der Waals surface area (Å²) in [6.07, 6.45) is 0.185. The van der Waals surface area contributed by atoms with E-state index in [9.17, 15) is 24.6 Å². The predicted molar refractivity (Wildman–Crippen MR) is 222 cm³/mol. The average Bonchev–Trinajstić information content (AvgIpc) is 3.74. The number of cyclic esters (lactones) is 1. The number of hydrogen-bond donors (Lipinski definition) is 2. The Morgan fingerprint density at radius 1 is 1.07 bits per heavy atom. The summed E-state index contributed by atoms with van der Waals surface area (Å²) in [6.45, 7) is 14.9. The molecule has 2 N–H and O–H groups in total. The molecule has 1 aromatic carbocycles. The van der Waals surface area contributed by atoms with Crippen molar-refractivity contribution in [1.82, 2.24) is 14.5 Å². The molecule has 3 aliphatic rings. The van der Waals surface area contributed by atoms with Crippen LogP contribution < -0.4 is 0 Å². The molecule has 60 heavy (non-hydrogen) atoms. The first kappa shape index (κ1) is 47.2. The monoisotopic (exact) mass is 839 g/mol. The van der Waals surface area contributed by atoms with Gasteiger partial charge in [-0.3, -0.25) is 14.4 Å². The Morgan fingerprint density at radius 2 is 1.77 bits per heavy atom. The molecular weight excluding hydrogens is 775 g/mol. The topological polar surface area (TPSA) is 193 Å². The molecule has 332 valence electrons. The Morgan fingerprint density at radius 3 is 2.38 bits per heavy atom. The van der Waals surface area contributed by atoms with Gasteiger partial charge in [0.05, 0.1) is 43.5 Å². The van der Waals surface area contributed by atoms with Gasteiger partial charge in [0.25, 0.3) is 0 Å². The number of fused-ring (bicyclic) bond motifs is 5. The van der Waals surface area contributed by atoms with Gasteiger partial charge >= 0.3 is 5.97 Å². The van der Waals surface area contributed by atoms with Crippen LogP contribution >= 0.6 is 0 Å². The van der Waals surface area contributed by atoms with Crippen molar-refractivity contribution in [3.05, 3.63) is 48.5 Å². The quantitative estimate of drug-likeness (QED) is 0.217. The van der Waals surface area contributed by atoms with Gasteiger partial charge < -0.3 is 48.2 Å². The molecule has 0 spiro atoms. The lowest BCUT2D eigenvalue weighted by molar-refractivity contribution is -0.296. The highest BCUT2D eigenvalue weighted by atomic mass is 16.7. The second kappa shape index (κ2) is 19.9. The number of benzene rings is 1. The van der Waals surface area contributed by atoms with Crippen molar-refractivity contribution in [3.8, 4) is 5.69 Å². The van der Waals surface area contributed by atoms with Crippen LogP contribution in [0.2, 0.25) is 0 Å². The molecule has 3 aliphatic heterocycles. The van der Waals surface area contributed by atoms with Gasteiger partial charge in [0.15, 0.2) is 12.1 Å². The fraction of sp³-hybridized carbons (Fsp3) is 0.682. The van der Waals surface area contributed by atoms with Gasteiger partial charge in [-0.15, -0.1) is 0 Å². The van der Waals surface area contributed by atoms with Crippen LogP contribution in [-0.4, -0.2) is 135 Å². The average molecular weight is 840 g/mol. The molecule has 3 saturated heterocycles. The summed E-state index contributed by atoms with van der Waals surface area (Å²) in [5.74, 6) is -5.30.